The standard InChI is InChI=1S/C10H15N5/c1-3-5-9-12-10(14-13-9)8(2)15-7-4-6-11-15/h4,6-8H,3,5H2,1-2H3,(H,12,13,14). The lowest BCUT2D eigenvalue weighted by Gasteiger charge is -2.06. The van der Waals surface area contributed by atoms with E-state index < -0.39 is 0 Å². The lowest BCUT2D eigenvalue weighted by molar-refractivity contribution is 0.538. The molecule has 0 saturated heterocycles. The van der Waals surface area contributed by atoms with E-state index in [2.05, 4.69) is 27.2 Å². The zero-order valence-corrected chi connectivity index (χ0v) is 9.01. The summed E-state index contributed by atoms with van der Waals surface area (Å²) < 4.78 is 1.85. The Morgan fingerprint density at radius 3 is 3.07 bits per heavy atom. The van der Waals surface area contributed by atoms with Gasteiger partial charge in [-0.1, -0.05) is 6.92 Å². The third kappa shape index (κ3) is 2.06. The molecule has 1 atom stereocenters. The first-order chi connectivity index (χ1) is 7.31. The molecule has 2 rings (SSSR count). The van der Waals surface area contributed by atoms with Crippen LogP contribution in [0.2, 0.25) is 0 Å². The Kier molecular flexibility index (Phi) is 2.80. The number of H-pyrrole nitrogens is 1. The smallest absolute Gasteiger partial charge is 0.174 e. The van der Waals surface area contributed by atoms with Crippen LogP contribution in [0.1, 0.15) is 38.0 Å². The molecule has 1 unspecified atom stereocenters. The fourth-order valence-corrected chi connectivity index (χ4v) is 1.47. The topological polar surface area (TPSA) is 59.4 Å². The molecule has 2 aromatic heterocycles. The molecule has 2 heterocycles. The third-order valence-corrected chi connectivity index (χ3v) is 2.33. The van der Waals surface area contributed by atoms with Crippen molar-refractivity contribution in [3.63, 3.8) is 0 Å². The summed E-state index contributed by atoms with van der Waals surface area (Å²) in [6.07, 6.45) is 5.69. The van der Waals surface area contributed by atoms with Gasteiger partial charge in [0.05, 0.1) is 0 Å². The number of hydrogen-bond acceptors (Lipinski definition) is 3. The molecule has 5 heteroatoms. The van der Waals surface area contributed by atoms with Gasteiger partial charge in [0.2, 0.25) is 0 Å². The van der Waals surface area contributed by atoms with Gasteiger partial charge in [-0.25, -0.2) is 4.98 Å². The highest BCUT2D eigenvalue weighted by molar-refractivity contribution is 4.98. The van der Waals surface area contributed by atoms with Crippen molar-refractivity contribution in [3.8, 4) is 0 Å². The zero-order valence-electron chi connectivity index (χ0n) is 9.01. The first-order valence-corrected chi connectivity index (χ1v) is 5.21. The molecule has 0 aromatic carbocycles. The summed E-state index contributed by atoms with van der Waals surface area (Å²) in [6.45, 7) is 4.16. The Morgan fingerprint density at radius 1 is 1.53 bits per heavy atom. The number of hydrogen-bond donors (Lipinski definition) is 1. The van der Waals surface area contributed by atoms with Crippen molar-refractivity contribution in [2.45, 2.75) is 32.7 Å². The average molecular weight is 205 g/mol. The molecule has 5 nitrogen and oxygen atoms in total. The Hall–Kier alpha value is -1.65. The van der Waals surface area contributed by atoms with E-state index in [0.717, 1.165) is 24.5 Å². The van der Waals surface area contributed by atoms with Crippen molar-refractivity contribution in [2.75, 3.05) is 0 Å². The molecule has 2 aromatic rings. The second kappa shape index (κ2) is 4.25. The third-order valence-electron chi connectivity index (χ3n) is 2.33. The maximum absolute atomic E-state index is 4.43. The van der Waals surface area contributed by atoms with Gasteiger partial charge in [-0.2, -0.15) is 10.2 Å². The van der Waals surface area contributed by atoms with Crippen LogP contribution in [0.15, 0.2) is 18.5 Å². The number of nitrogens with one attached hydrogen (secondary N) is 1. The number of nitrogens with zero attached hydrogens (tertiary/aromatic N) is 4. The van der Waals surface area contributed by atoms with E-state index in [4.69, 9.17) is 0 Å². The molecular weight excluding hydrogens is 190 g/mol. The van der Waals surface area contributed by atoms with Crippen LogP contribution in [0.5, 0.6) is 0 Å². The van der Waals surface area contributed by atoms with E-state index in [-0.39, 0.29) is 6.04 Å². The Labute approximate surface area is 88.5 Å². The molecule has 1 N–H and O–H groups in total. The largest absolute Gasteiger partial charge is 0.263 e. The van der Waals surface area contributed by atoms with Crippen LogP contribution in [0, 0.1) is 0 Å². The monoisotopic (exact) mass is 205 g/mol. The van der Waals surface area contributed by atoms with Crippen molar-refractivity contribution in [2.24, 2.45) is 0 Å². The molecule has 0 bridgehead atoms. The fraction of sp³-hybridized carbons (Fsp3) is 0.500. The van der Waals surface area contributed by atoms with Crippen LogP contribution >= 0.6 is 0 Å². The van der Waals surface area contributed by atoms with Crippen molar-refractivity contribution >= 4 is 0 Å². The molecule has 0 radical (unpaired) electrons. The molecule has 0 aliphatic carbocycles. The predicted molar refractivity (Wildman–Crippen MR) is 56.4 cm³/mol. The van der Waals surface area contributed by atoms with Crippen LogP contribution < -0.4 is 0 Å². The second-order valence-electron chi connectivity index (χ2n) is 3.55. The second-order valence-corrected chi connectivity index (χ2v) is 3.55. The SMILES string of the molecule is CCCc1nc(C(C)n2cccn2)n[nH]1. The quantitative estimate of drug-likeness (QED) is 0.824. The number of aromatic nitrogens is 5. The number of aryl methyl sites for hydroxylation is 1. The highest BCUT2D eigenvalue weighted by Crippen LogP contribution is 2.11. The van der Waals surface area contributed by atoms with Crippen LogP contribution in [-0.4, -0.2) is 25.0 Å². The summed E-state index contributed by atoms with van der Waals surface area (Å²) >= 11 is 0. The van der Waals surface area contributed by atoms with Gasteiger partial charge in [0.15, 0.2) is 5.82 Å². The molecule has 15 heavy (non-hydrogen) atoms. The highest BCUT2D eigenvalue weighted by atomic mass is 15.3. The lowest BCUT2D eigenvalue weighted by atomic mass is 10.3. The maximum atomic E-state index is 4.43. The van der Waals surface area contributed by atoms with Crippen molar-refractivity contribution in [1.29, 1.82) is 0 Å². The van der Waals surface area contributed by atoms with Crippen LogP contribution in [0.4, 0.5) is 0 Å². The normalized spacial score (nSPS) is 12.9. The first kappa shape index (κ1) is 9.89. The Balaban J connectivity index is 2.15. The fourth-order valence-electron chi connectivity index (χ4n) is 1.47. The minimum atomic E-state index is 0.0851. The summed E-state index contributed by atoms with van der Waals surface area (Å²) in [6, 6.07) is 1.98. The Bertz CT molecular complexity index is 403. The lowest BCUT2D eigenvalue weighted by Crippen LogP contribution is -2.08. The van der Waals surface area contributed by atoms with Crippen molar-refractivity contribution in [1.82, 2.24) is 25.0 Å². The van der Waals surface area contributed by atoms with E-state index in [1.54, 1.807) is 6.20 Å². The van der Waals surface area contributed by atoms with Gasteiger partial charge in [-0.3, -0.25) is 9.78 Å². The van der Waals surface area contributed by atoms with Crippen molar-refractivity contribution < 1.29 is 0 Å². The van der Waals surface area contributed by atoms with Gasteiger partial charge in [0.25, 0.3) is 0 Å². The number of rotatable bonds is 4. The minimum absolute atomic E-state index is 0.0851. The van der Waals surface area contributed by atoms with Gasteiger partial charge in [-0.05, 0) is 19.4 Å². The van der Waals surface area contributed by atoms with E-state index in [0.29, 0.717) is 0 Å². The molecule has 0 aliphatic heterocycles. The van der Waals surface area contributed by atoms with E-state index in [1.807, 2.05) is 23.9 Å². The minimum Gasteiger partial charge on any atom is -0.263 e. The number of aromatic amines is 1. The molecule has 80 valence electrons. The van der Waals surface area contributed by atoms with Crippen LogP contribution in [-0.2, 0) is 6.42 Å². The van der Waals surface area contributed by atoms with Gasteiger partial charge in [0, 0.05) is 18.8 Å². The zero-order chi connectivity index (χ0) is 10.7. The van der Waals surface area contributed by atoms with Crippen LogP contribution in [0.3, 0.4) is 0 Å². The van der Waals surface area contributed by atoms with Gasteiger partial charge in [-0.15, -0.1) is 0 Å². The van der Waals surface area contributed by atoms with E-state index in [1.165, 1.54) is 0 Å². The Morgan fingerprint density at radius 2 is 2.40 bits per heavy atom. The molecule has 0 amide bonds. The molecule has 0 fully saturated rings. The summed E-state index contributed by atoms with van der Waals surface area (Å²) in [4.78, 5) is 4.43. The average Bonchev–Trinajstić information content (AvgIpc) is 2.87. The summed E-state index contributed by atoms with van der Waals surface area (Å²) in [5, 5.41) is 11.3. The summed E-state index contributed by atoms with van der Waals surface area (Å²) in [5.41, 5.74) is 0. The van der Waals surface area contributed by atoms with Crippen LogP contribution in [0.25, 0.3) is 0 Å². The van der Waals surface area contributed by atoms with Crippen molar-refractivity contribution in [3.05, 3.63) is 30.1 Å². The summed E-state index contributed by atoms with van der Waals surface area (Å²) in [7, 11) is 0. The van der Waals surface area contributed by atoms with Gasteiger partial charge >= 0.3 is 0 Å². The van der Waals surface area contributed by atoms with Gasteiger partial charge in [0.1, 0.15) is 11.9 Å². The molecule has 0 aliphatic rings. The molecule has 0 saturated carbocycles. The highest BCUT2D eigenvalue weighted by Gasteiger charge is 2.12. The first-order valence-electron chi connectivity index (χ1n) is 5.21. The van der Waals surface area contributed by atoms with E-state index in [9.17, 15) is 0 Å². The molecule has 0 spiro atoms. The summed E-state index contributed by atoms with van der Waals surface area (Å²) in [5.74, 6) is 1.74. The van der Waals surface area contributed by atoms with Gasteiger partial charge < -0.3 is 0 Å². The molecular formula is C10H15N5. The predicted octanol–water partition coefficient (Wildman–Crippen LogP) is 1.56. The maximum Gasteiger partial charge on any atom is 0.174 e. The van der Waals surface area contributed by atoms with E-state index >= 15 is 0 Å².